The molecule has 0 aliphatic carbocycles. The van der Waals surface area contributed by atoms with E-state index in [2.05, 4.69) is 10.3 Å². The summed E-state index contributed by atoms with van der Waals surface area (Å²) in [6.07, 6.45) is 3.79. The van der Waals surface area contributed by atoms with Crippen LogP contribution in [0, 0.1) is 11.3 Å². The molecule has 6 heteroatoms. The van der Waals surface area contributed by atoms with Gasteiger partial charge in [0.15, 0.2) is 4.96 Å². The number of thiazole rings is 1. The molecule has 0 aliphatic heterocycles. The Morgan fingerprint density at radius 2 is 2.20 bits per heavy atom. The molecule has 0 bridgehead atoms. The molecule has 2 aromatic heterocycles. The van der Waals surface area contributed by atoms with Crippen LogP contribution in [0.5, 0.6) is 0 Å². The van der Waals surface area contributed by atoms with Gasteiger partial charge in [-0.25, -0.2) is 4.98 Å². The molecule has 0 spiro atoms. The second kappa shape index (κ2) is 5.15. The number of hydrogen-bond acceptors (Lipinski definition) is 4. The fraction of sp³-hybridized carbons (Fsp3) is 0.0714. The smallest absolute Gasteiger partial charge is 0.238 e. The van der Waals surface area contributed by atoms with Crippen molar-refractivity contribution in [3.63, 3.8) is 0 Å². The first-order valence-electron chi connectivity index (χ1n) is 5.96. The van der Waals surface area contributed by atoms with E-state index in [-0.39, 0.29) is 12.3 Å². The summed E-state index contributed by atoms with van der Waals surface area (Å²) in [7, 11) is 0. The predicted molar refractivity (Wildman–Crippen MR) is 77.4 cm³/mol. The molecule has 0 aliphatic rings. The topological polar surface area (TPSA) is 70.2 Å². The van der Waals surface area contributed by atoms with Gasteiger partial charge in [0.05, 0.1) is 11.8 Å². The summed E-state index contributed by atoms with van der Waals surface area (Å²) in [5.41, 5.74) is 2.56. The Balaban J connectivity index is 1.80. The van der Waals surface area contributed by atoms with E-state index in [0.29, 0.717) is 5.69 Å². The van der Waals surface area contributed by atoms with Crippen molar-refractivity contribution in [2.75, 3.05) is 5.32 Å². The zero-order valence-corrected chi connectivity index (χ0v) is 11.2. The van der Waals surface area contributed by atoms with Gasteiger partial charge >= 0.3 is 0 Å². The molecule has 20 heavy (non-hydrogen) atoms. The predicted octanol–water partition coefficient (Wildman–Crippen LogP) is 2.91. The Morgan fingerprint density at radius 3 is 2.90 bits per heavy atom. The molecule has 0 unspecified atom stereocenters. The van der Waals surface area contributed by atoms with Crippen LogP contribution in [0.25, 0.3) is 16.2 Å². The van der Waals surface area contributed by atoms with Crippen LogP contribution in [0.3, 0.4) is 0 Å². The van der Waals surface area contributed by atoms with Crippen molar-refractivity contribution in [3.05, 3.63) is 42.0 Å². The van der Waals surface area contributed by atoms with E-state index in [1.807, 2.05) is 40.4 Å². The molecule has 3 aromatic rings. The minimum atomic E-state index is -0.303. The fourth-order valence-electron chi connectivity index (χ4n) is 1.87. The number of benzene rings is 1. The second-order valence-corrected chi connectivity index (χ2v) is 5.05. The molecule has 98 valence electrons. The van der Waals surface area contributed by atoms with Crippen molar-refractivity contribution in [1.29, 1.82) is 5.26 Å². The number of anilines is 1. The lowest BCUT2D eigenvalue weighted by Gasteiger charge is -2.03. The molecule has 5 nitrogen and oxygen atoms in total. The van der Waals surface area contributed by atoms with Gasteiger partial charge < -0.3 is 5.32 Å². The number of imidazole rings is 1. The highest BCUT2D eigenvalue weighted by atomic mass is 32.1. The first kappa shape index (κ1) is 12.4. The van der Waals surface area contributed by atoms with E-state index >= 15 is 0 Å². The maximum absolute atomic E-state index is 11.3. The number of hydrogen-bond donors (Lipinski definition) is 1. The van der Waals surface area contributed by atoms with Crippen LogP contribution in [0.2, 0.25) is 0 Å². The maximum atomic E-state index is 11.3. The number of aromatic nitrogens is 2. The third kappa shape index (κ3) is 2.39. The number of fused-ring (bicyclic) bond motifs is 1. The summed E-state index contributed by atoms with van der Waals surface area (Å²) < 4.78 is 1.97. The molecule has 0 saturated heterocycles. The van der Waals surface area contributed by atoms with Crippen LogP contribution in [0.1, 0.15) is 6.42 Å². The van der Waals surface area contributed by atoms with Crippen LogP contribution in [0.4, 0.5) is 5.69 Å². The van der Waals surface area contributed by atoms with Gasteiger partial charge in [0.2, 0.25) is 5.91 Å². The fourth-order valence-corrected chi connectivity index (χ4v) is 2.57. The van der Waals surface area contributed by atoms with E-state index in [1.54, 1.807) is 23.5 Å². The molecule has 2 heterocycles. The lowest BCUT2D eigenvalue weighted by atomic mass is 10.1. The summed E-state index contributed by atoms with van der Waals surface area (Å²) in [5, 5.41) is 13.1. The SMILES string of the molecule is N#CCC(=O)Nc1ccc(-c2cn3ccsc3n2)cc1. The number of nitrogens with zero attached hydrogens (tertiary/aromatic N) is 3. The molecule has 0 atom stereocenters. The van der Waals surface area contributed by atoms with E-state index < -0.39 is 0 Å². The van der Waals surface area contributed by atoms with Crippen LogP contribution >= 0.6 is 11.3 Å². The van der Waals surface area contributed by atoms with Crippen molar-refractivity contribution in [3.8, 4) is 17.3 Å². The second-order valence-electron chi connectivity index (χ2n) is 4.18. The summed E-state index contributed by atoms with van der Waals surface area (Å²) in [6.45, 7) is 0. The molecular formula is C14H10N4OS. The van der Waals surface area contributed by atoms with Gasteiger partial charge in [-0.15, -0.1) is 11.3 Å². The lowest BCUT2D eigenvalue weighted by Crippen LogP contribution is -2.09. The zero-order chi connectivity index (χ0) is 13.9. The number of amides is 1. The van der Waals surface area contributed by atoms with Crippen LogP contribution in [-0.4, -0.2) is 15.3 Å². The Kier molecular flexibility index (Phi) is 3.19. The third-order valence-corrected chi connectivity index (χ3v) is 3.57. The van der Waals surface area contributed by atoms with Gasteiger partial charge in [0.25, 0.3) is 0 Å². The third-order valence-electron chi connectivity index (χ3n) is 2.80. The van der Waals surface area contributed by atoms with Gasteiger partial charge in [0.1, 0.15) is 6.42 Å². The van der Waals surface area contributed by atoms with Crippen LogP contribution < -0.4 is 5.32 Å². The van der Waals surface area contributed by atoms with E-state index in [1.165, 1.54) is 0 Å². The van der Waals surface area contributed by atoms with Gasteiger partial charge in [0, 0.05) is 29.0 Å². The van der Waals surface area contributed by atoms with Crippen LogP contribution in [-0.2, 0) is 4.79 Å². The zero-order valence-electron chi connectivity index (χ0n) is 10.4. The largest absolute Gasteiger partial charge is 0.325 e. The normalized spacial score (nSPS) is 10.3. The molecule has 1 N–H and O–H groups in total. The molecule has 3 rings (SSSR count). The van der Waals surface area contributed by atoms with Crippen molar-refractivity contribution >= 4 is 27.9 Å². The first-order valence-corrected chi connectivity index (χ1v) is 6.83. The van der Waals surface area contributed by atoms with Gasteiger partial charge in [-0.1, -0.05) is 12.1 Å². The molecule has 1 amide bonds. The highest BCUT2D eigenvalue weighted by molar-refractivity contribution is 7.15. The summed E-state index contributed by atoms with van der Waals surface area (Å²) in [5.74, 6) is -0.303. The van der Waals surface area contributed by atoms with Gasteiger partial charge in [-0.3, -0.25) is 9.20 Å². The minimum absolute atomic E-state index is 0.140. The first-order chi connectivity index (χ1) is 9.76. The minimum Gasteiger partial charge on any atom is -0.325 e. The lowest BCUT2D eigenvalue weighted by molar-refractivity contribution is -0.115. The molecule has 1 aromatic carbocycles. The van der Waals surface area contributed by atoms with Crippen molar-refractivity contribution in [1.82, 2.24) is 9.38 Å². The summed E-state index contributed by atoms with van der Waals surface area (Å²) in [4.78, 5) is 16.8. The number of nitriles is 1. The maximum Gasteiger partial charge on any atom is 0.238 e. The quantitative estimate of drug-likeness (QED) is 0.803. The molecule has 0 fully saturated rings. The van der Waals surface area contributed by atoms with Crippen molar-refractivity contribution in [2.24, 2.45) is 0 Å². The summed E-state index contributed by atoms with van der Waals surface area (Å²) >= 11 is 1.58. The van der Waals surface area contributed by atoms with Crippen molar-refractivity contribution in [2.45, 2.75) is 6.42 Å². The highest BCUT2D eigenvalue weighted by Gasteiger charge is 2.06. The standard InChI is InChI=1S/C14H10N4OS/c15-6-5-13(19)16-11-3-1-10(2-4-11)12-9-18-7-8-20-14(18)17-12/h1-4,7-9H,5H2,(H,16,19). The molecule has 0 saturated carbocycles. The number of carbonyl (C=O) groups excluding carboxylic acids is 1. The average molecular weight is 282 g/mol. The summed E-state index contributed by atoms with van der Waals surface area (Å²) in [6, 6.07) is 9.21. The number of carbonyl (C=O) groups is 1. The molecule has 0 radical (unpaired) electrons. The average Bonchev–Trinajstić information content (AvgIpc) is 3.00. The Labute approximate surface area is 119 Å². The number of rotatable bonds is 3. The van der Waals surface area contributed by atoms with Gasteiger partial charge in [-0.2, -0.15) is 5.26 Å². The Hall–Kier alpha value is -2.65. The monoisotopic (exact) mass is 282 g/mol. The van der Waals surface area contributed by atoms with Crippen molar-refractivity contribution < 1.29 is 4.79 Å². The highest BCUT2D eigenvalue weighted by Crippen LogP contribution is 2.23. The Morgan fingerprint density at radius 1 is 1.40 bits per heavy atom. The van der Waals surface area contributed by atoms with E-state index in [4.69, 9.17) is 5.26 Å². The van der Waals surface area contributed by atoms with E-state index in [0.717, 1.165) is 16.2 Å². The molecular weight excluding hydrogens is 272 g/mol. The van der Waals surface area contributed by atoms with Crippen LogP contribution in [0.15, 0.2) is 42.0 Å². The van der Waals surface area contributed by atoms with E-state index in [9.17, 15) is 4.79 Å². The van der Waals surface area contributed by atoms with Gasteiger partial charge in [-0.05, 0) is 12.1 Å². The number of nitrogens with one attached hydrogen (secondary N) is 1. The Bertz CT molecular complexity index is 766.